The van der Waals surface area contributed by atoms with Gasteiger partial charge in [-0.15, -0.1) is 0 Å². The summed E-state index contributed by atoms with van der Waals surface area (Å²) in [6.07, 6.45) is 0. The number of hydrogen-bond donors (Lipinski definition) is 2. The molecule has 15 heavy (non-hydrogen) atoms. The third-order valence-corrected chi connectivity index (χ3v) is 2.02. The minimum absolute atomic E-state index is 0.197. The number of halogens is 1. The summed E-state index contributed by atoms with van der Waals surface area (Å²) in [4.78, 5) is 13.6. The number of hydrogen-bond acceptors (Lipinski definition) is 2. The number of phenolic OH excluding ortho intramolecular Hbond substituents is 1. The molecular weight excluding hydrogens is 197 g/mol. The molecule has 0 aliphatic rings. The van der Waals surface area contributed by atoms with Crippen molar-refractivity contribution in [2.45, 2.75) is 0 Å². The Hall–Kier alpha value is -2.10. The Balaban J connectivity index is 2.59. The van der Waals surface area contributed by atoms with Gasteiger partial charge in [0.2, 0.25) is 5.56 Å². The van der Waals surface area contributed by atoms with Crippen LogP contribution in [0.25, 0.3) is 11.3 Å². The molecule has 1 aromatic carbocycles. The van der Waals surface area contributed by atoms with Crippen LogP contribution in [-0.4, -0.2) is 10.1 Å². The molecule has 1 aromatic heterocycles. The maximum atomic E-state index is 12.7. The van der Waals surface area contributed by atoms with Crippen molar-refractivity contribution in [3.63, 3.8) is 0 Å². The molecule has 2 N–H and O–H groups in total. The summed E-state index contributed by atoms with van der Waals surface area (Å²) < 4.78 is 12.7. The maximum Gasteiger partial charge on any atom is 0.248 e. The molecule has 0 bridgehead atoms. The number of benzene rings is 1. The first-order valence-electron chi connectivity index (χ1n) is 4.35. The Morgan fingerprint density at radius 1 is 1.20 bits per heavy atom. The Morgan fingerprint density at radius 2 is 2.00 bits per heavy atom. The van der Waals surface area contributed by atoms with Gasteiger partial charge in [-0.05, 0) is 18.2 Å². The van der Waals surface area contributed by atoms with Crippen molar-refractivity contribution < 1.29 is 9.50 Å². The molecule has 0 spiro atoms. The quantitative estimate of drug-likeness (QED) is 0.746. The zero-order valence-electron chi connectivity index (χ0n) is 7.70. The average molecular weight is 205 g/mol. The second kappa shape index (κ2) is 3.57. The fourth-order valence-electron chi connectivity index (χ4n) is 1.34. The standard InChI is InChI=1S/C11H8FNO2/c12-7-4-5-8(10(14)6-7)9-2-1-3-11(15)13-9/h1-6,14H,(H,13,15). The monoisotopic (exact) mass is 205 g/mol. The van der Waals surface area contributed by atoms with Gasteiger partial charge in [0.1, 0.15) is 11.6 Å². The minimum atomic E-state index is -0.519. The van der Waals surface area contributed by atoms with E-state index >= 15 is 0 Å². The lowest BCUT2D eigenvalue weighted by molar-refractivity contribution is 0.471. The van der Waals surface area contributed by atoms with E-state index < -0.39 is 5.82 Å². The maximum absolute atomic E-state index is 12.7. The van der Waals surface area contributed by atoms with Crippen molar-refractivity contribution in [2.24, 2.45) is 0 Å². The number of aromatic hydroxyl groups is 1. The fourth-order valence-corrected chi connectivity index (χ4v) is 1.34. The van der Waals surface area contributed by atoms with Crippen LogP contribution in [-0.2, 0) is 0 Å². The molecule has 0 saturated heterocycles. The summed E-state index contributed by atoms with van der Waals surface area (Å²) in [6, 6.07) is 8.20. The lowest BCUT2D eigenvalue weighted by atomic mass is 10.1. The number of aromatic amines is 1. The molecule has 3 nitrogen and oxygen atoms in total. The molecule has 0 aliphatic carbocycles. The Kier molecular flexibility index (Phi) is 2.25. The number of phenols is 1. The Labute approximate surface area is 84.8 Å². The summed E-state index contributed by atoms with van der Waals surface area (Å²) >= 11 is 0. The van der Waals surface area contributed by atoms with Crippen LogP contribution >= 0.6 is 0 Å². The summed E-state index contributed by atoms with van der Waals surface area (Å²) in [5.74, 6) is -0.716. The van der Waals surface area contributed by atoms with Gasteiger partial charge >= 0.3 is 0 Å². The second-order valence-corrected chi connectivity index (χ2v) is 3.09. The van der Waals surface area contributed by atoms with Gasteiger partial charge in [0.15, 0.2) is 0 Å². The normalized spacial score (nSPS) is 10.2. The third kappa shape index (κ3) is 1.88. The predicted molar refractivity (Wildman–Crippen MR) is 54.1 cm³/mol. The topological polar surface area (TPSA) is 53.1 Å². The summed E-state index contributed by atoms with van der Waals surface area (Å²) in [5.41, 5.74) is 0.588. The lowest BCUT2D eigenvalue weighted by Crippen LogP contribution is -2.03. The summed E-state index contributed by atoms with van der Waals surface area (Å²) in [7, 11) is 0. The molecular formula is C11H8FNO2. The first-order valence-corrected chi connectivity index (χ1v) is 4.35. The van der Waals surface area contributed by atoms with E-state index in [-0.39, 0.29) is 11.3 Å². The number of pyridine rings is 1. The number of rotatable bonds is 1. The van der Waals surface area contributed by atoms with Gasteiger partial charge in [-0.2, -0.15) is 0 Å². The van der Waals surface area contributed by atoms with Crippen LogP contribution in [0.15, 0.2) is 41.2 Å². The molecule has 2 rings (SSSR count). The van der Waals surface area contributed by atoms with Crippen LogP contribution in [0.3, 0.4) is 0 Å². The highest BCUT2D eigenvalue weighted by molar-refractivity contribution is 5.66. The molecule has 0 aliphatic heterocycles. The largest absolute Gasteiger partial charge is 0.507 e. The first-order chi connectivity index (χ1) is 7.16. The van der Waals surface area contributed by atoms with E-state index in [1.165, 1.54) is 18.2 Å². The lowest BCUT2D eigenvalue weighted by Gasteiger charge is -2.03. The van der Waals surface area contributed by atoms with Crippen molar-refractivity contribution in [3.05, 3.63) is 52.6 Å². The van der Waals surface area contributed by atoms with E-state index in [1.807, 2.05) is 0 Å². The van der Waals surface area contributed by atoms with Crippen molar-refractivity contribution in [1.29, 1.82) is 0 Å². The number of H-pyrrole nitrogens is 1. The van der Waals surface area contributed by atoms with Gasteiger partial charge in [0, 0.05) is 17.7 Å². The van der Waals surface area contributed by atoms with Gasteiger partial charge in [0.05, 0.1) is 5.69 Å². The van der Waals surface area contributed by atoms with E-state index in [0.29, 0.717) is 11.3 Å². The predicted octanol–water partition coefficient (Wildman–Crippen LogP) is 1.89. The van der Waals surface area contributed by atoms with E-state index in [4.69, 9.17) is 0 Å². The smallest absolute Gasteiger partial charge is 0.248 e. The third-order valence-electron chi connectivity index (χ3n) is 2.02. The second-order valence-electron chi connectivity index (χ2n) is 3.09. The zero-order valence-corrected chi connectivity index (χ0v) is 7.70. The molecule has 0 saturated carbocycles. The summed E-state index contributed by atoms with van der Waals surface area (Å²) in [5, 5.41) is 9.47. The highest BCUT2D eigenvalue weighted by Gasteiger charge is 2.05. The van der Waals surface area contributed by atoms with Gasteiger partial charge in [-0.25, -0.2) is 4.39 Å². The number of nitrogens with one attached hydrogen (secondary N) is 1. The fraction of sp³-hybridized carbons (Fsp3) is 0. The molecule has 0 atom stereocenters. The molecule has 1 heterocycles. The van der Waals surface area contributed by atoms with Crippen LogP contribution in [0.2, 0.25) is 0 Å². The van der Waals surface area contributed by atoms with Gasteiger partial charge in [0.25, 0.3) is 0 Å². The molecule has 0 radical (unpaired) electrons. The molecule has 0 unspecified atom stereocenters. The van der Waals surface area contributed by atoms with Crippen molar-refractivity contribution >= 4 is 0 Å². The molecule has 0 amide bonds. The molecule has 0 fully saturated rings. The van der Waals surface area contributed by atoms with Gasteiger partial charge < -0.3 is 10.1 Å². The van der Waals surface area contributed by atoms with Crippen LogP contribution in [0.5, 0.6) is 5.75 Å². The average Bonchev–Trinajstić information content (AvgIpc) is 2.17. The van der Waals surface area contributed by atoms with Crippen LogP contribution in [0.1, 0.15) is 0 Å². The molecule has 76 valence electrons. The zero-order chi connectivity index (χ0) is 10.8. The first kappa shape index (κ1) is 9.45. The van der Waals surface area contributed by atoms with E-state index in [2.05, 4.69) is 4.98 Å². The minimum Gasteiger partial charge on any atom is -0.507 e. The van der Waals surface area contributed by atoms with E-state index in [9.17, 15) is 14.3 Å². The van der Waals surface area contributed by atoms with Crippen molar-refractivity contribution in [1.82, 2.24) is 4.98 Å². The van der Waals surface area contributed by atoms with Crippen LogP contribution in [0.4, 0.5) is 4.39 Å². The van der Waals surface area contributed by atoms with E-state index in [0.717, 1.165) is 6.07 Å². The van der Waals surface area contributed by atoms with Crippen LogP contribution in [0, 0.1) is 5.82 Å². The van der Waals surface area contributed by atoms with Gasteiger partial charge in [-0.1, -0.05) is 6.07 Å². The SMILES string of the molecule is O=c1cccc(-c2ccc(F)cc2O)[nH]1. The molecule has 2 aromatic rings. The highest BCUT2D eigenvalue weighted by Crippen LogP contribution is 2.27. The van der Waals surface area contributed by atoms with E-state index in [1.54, 1.807) is 12.1 Å². The van der Waals surface area contributed by atoms with Gasteiger partial charge in [-0.3, -0.25) is 4.79 Å². The Bertz CT molecular complexity index is 548. The highest BCUT2D eigenvalue weighted by atomic mass is 19.1. The number of aromatic nitrogens is 1. The van der Waals surface area contributed by atoms with Crippen LogP contribution < -0.4 is 5.56 Å². The van der Waals surface area contributed by atoms with Crippen molar-refractivity contribution in [3.8, 4) is 17.0 Å². The molecule has 4 heteroatoms. The Morgan fingerprint density at radius 3 is 2.67 bits per heavy atom. The summed E-state index contributed by atoms with van der Waals surface area (Å²) in [6.45, 7) is 0. The van der Waals surface area contributed by atoms with Crippen molar-refractivity contribution in [2.75, 3.05) is 0 Å².